The summed E-state index contributed by atoms with van der Waals surface area (Å²) < 4.78 is 37.5. The Morgan fingerprint density at radius 1 is 1.39 bits per heavy atom. The Kier molecular flexibility index (Phi) is 9.58. The van der Waals surface area contributed by atoms with Gasteiger partial charge < -0.3 is 29.2 Å². The standard InChI is InChI=1S/C21H35N6O7PS/c1-7-31-17-15-16(24-20(22-6)25-17)27(12-23-15)19-21(5,29)10-14(34-19)11-33-35(30,36-9-3)26-13(4)18(28)32-8-2/h12-14,19,29H,7-11H2,1-6H3,(H,26,30)(H,22,24,25). The number of carbonyl (C=O) groups is 1. The van der Waals surface area contributed by atoms with E-state index in [4.69, 9.17) is 18.7 Å². The lowest BCUT2D eigenvalue weighted by molar-refractivity contribution is -0.144. The summed E-state index contributed by atoms with van der Waals surface area (Å²) in [7, 11) is 1.69. The van der Waals surface area contributed by atoms with E-state index in [-0.39, 0.29) is 19.6 Å². The first-order valence-corrected chi connectivity index (χ1v) is 15.0. The largest absolute Gasteiger partial charge is 0.476 e. The maximum absolute atomic E-state index is 13.4. The Morgan fingerprint density at radius 3 is 2.78 bits per heavy atom. The molecule has 15 heteroatoms. The van der Waals surface area contributed by atoms with Crippen molar-refractivity contribution in [1.82, 2.24) is 24.6 Å². The van der Waals surface area contributed by atoms with Crippen LogP contribution in [-0.2, 0) is 23.4 Å². The molecule has 1 aliphatic heterocycles. The first kappa shape index (κ1) is 28.6. The smallest absolute Gasteiger partial charge is 0.327 e. The molecule has 3 rings (SSSR count). The van der Waals surface area contributed by atoms with Crippen molar-refractivity contribution in [2.45, 2.75) is 65.0 Å². The lowest BCUT2D eigenvalue weighted by Gasteiger charge is -2.25. The van der Waals surface area contributed by atoms with Crippen LogP contribution in [0.4, 0.5) is 5.95 Å². The van der Waals surface area contributed by atoms with Crippen LogP contribution < -0.4 is 15.1 Å². The number of hydrogen-bond donors (Lipinski definition) is 3. The van der Waals surface area contributed by atoms with Gasteiger partial charge in [-0.15, -0.1) is 0 Å². The molecule has 0 saturated carbocycles. The Morgan fingerprint density at radius 2 is 2.14 bits per heavy atom. The lowest BCUT2D eigenvalue weighted by Crippen LogP contribution is -2.33. The normalized spacial score (nSPS) is 24.4. The van der Waals surface area contributed by atoms with Gasteiger partial charge in [-0.2, -0.15) is 9.97 Å². The van der Waals surface area contributed by atoms with Crippen LogP contribution in [0.3, 0.4) is 0 Å². The minimum absolute atomic E-state index is 0.0625. The Bertz CT molecular complexity index is 1100. The molecule has 0 spiro atoms. The van der Waals surface area contributed by atoms with E-state index in [9.17, 15) is 14.5 Å². The van der Waals surface area contributed by atoms with Crippen LogP contribution in [0.2, 0.25) is 0 Å². The Balaban J connectivity index is 1.78. The molecule has 2 aromatic heterocycles. The van der Waals surface area contributed by atoms with E-state index in [2.05, 4.69) is 25.4 Å². The summed E-state index contributed by atoms with van der Waals surface area (Å²) in [4.78, 5) is 25.2. The number of anilines is 1. The fourth-order valence-electron chi connectivity index (χ4n) is 3.83. The van der Waals surface area contributed by atoms with E-state index in [1.54, 1.807) is 32.4 Å². The van der Waals surface area contributed by atoms with Gasteiger partial charge in [0, 0.05) is 19.2 Å². The number of ether oxygens (including phenoxy) is 3. The van der Waals surface area contributed by atoms with Crippen LogP contribution in [-0.4, -0.2) is 81.0 Å². The number of rotatable bonds is 13. The van der Waals surface area contributed by atoms with Crippen LogP contribution in [0.1, 0.15) is 47.3 Å². The molecule has 2 aromatic rings. The number of carbonyl (C=O) groups excluding carboxylic acids is 1. The fraction of sp³-hybridized carbons (Fsp3) is 0.714. The van der Waals surface area contributed by atoms with E-state index < -0.39 is 36.7 Å². The average Bonchev–Trinajstić information content (AvgIpc) is 3.37. The molecule has 202 valence electrons. The fourth-order valence-corrected chi connectivity index (χ4v) is 7.46. The van der Waals surface area contributed by atoms with E-state index in [1.165, 1.54) is 6.33 Å². The summed E-state index contributed by atoms with van der Waals surface area (Å²) in [6.45, 7) is 5.71. The molecule has 0 amide bonds. The maximum Gasteiger partial charge on any atom is 0.327 e. The Hall–Kier alpha value is -1.96. The first-order chi connectivity index (χ1) is 17.1. The number of nitrogens with one attached hydrogen (secondary N) is 2. The van der Waals surface area contributed by atoms with Gasteiger partial charge in [-0.05, 0) is 27.7 Å². The predicted molar refractivity (Wildman–Crippen MR) is 136 cm³/mol. The van der Waals surface area contributed by atoms with Gasteiger partial charge in [-0.25, -0.2) is 10.1 Å². The average molecular weight is 547 g/mol. The third-order valence-corrected chi connectivity index (χ3v) is 9.58. The van der Waals surface area contributed by atoms with Crippen molar-refractivity contribution in [3.8, 4) is 5.88 Å². The van der Waals surface area contributed by atoms with E-state index in [0.29, 0.717) is 35.4 Å². The topological polar surface area (TPSA) is 159 Å². The van der Waals surface area contributed by atoms with Crippen molar-refractivity contribution in [3.63, 3.8) is 0 Å². The summed E-state index contributed by atoms with van der Waals surface area (Å²) in [6, 6.07) is -0.812. The Labute approximate surface area is 214 Å². The molecule has 5 unspecified atom stereocenters. The van der Waals surface area contributed by atoms with Crippen molar-refractivity contribution in [3.05, 3.63) is 6.33 Å². The molecule has 1 fully saturated rings. The third kappa shape index (κ3) is 6.48. The molecule has 1 aliphatic rings. The van der Waals surface area contributed by atoms with Gasteiger partial charge in [-0.3, -0.25) is 13.9 Å². The van der Waals surface area contributed by atoms with Crippen LogP contribution in [0, 0.1) is 0 Å². The highest BCUT2D eigenvalue weighted by molar-refractivity contribution is 8.56. The summed E-state index contributed by atoms with van der Waals surface area (Å²) in [5, 5.41) is 16.9. The number of hydrogen-bond acceptors (Lipinski definition) is 12. The second kappa shape index (κ2) is 12.1. The summed E-state index contributed by atoms with van der Waals surface area (Å²) in [5.41, 5.74) is -0.427. The van der Waals surface area contributed by atoms with Gasteiger partial charge in [0.05, 0.1) is 32.3 Å². The van der Waals surface area contributed by atoms with Crippen LogP contribution in [0.25, 0.3) is 11.2 Å². The van der Waals surface area contributed by atoms with Crippen LogP contribution in [0.15, 0.2) is 6.33 Å². The molecular weight excluding hydrogens is 511 g/mol. The highest BCUT2D eigenvalue weighted by Gasteiger charge is 2.46. The number of nitrogens with zero attached hydrogens (tertiary/aromatic N) is 4. The van der Waals surface area contributed by atoms with Crippen LogP contribution in [0.5, 0.6) is 5.88 Å². The number of imidazole rings is 1. The van der Waals surface area contributed by atoms with Crippen molar-refractivity contribution in [1.29, 1.82) is 0 Å². The third-order valence-electron chi connectivity index (χ3n) is 5.36. The molecule has 0 aliphatic carbocycles. The number of esters is 1. The minimum Gasteiger partial charge on any atom is -0.476 e. The van der Waals surface area contributed by atoms with Crippen molar-refractivity contribution in [2.75, 3.05) is 37.9 Å². The summed E-state index contributed by atoms with van der Waals surface area (Å²) >= 11 is 1.08. The van der Waals surface area contributed by atoms with Crippen molar-refractivity contribution in [2.24, 2.45) is 0 Å². The molecule has 36 heavy (non-hydrogen) atoms. The molecule has 1 saturated heterocycles. The number of aliphatic hydroxyl groups is 1. The summed E-state index contributed by atoms with van der Waals surface area (Å²) in [6.07, 6.45) is 0.313. The number of fused-ring (bicyclic) bond motifs is 1. The van der Waals surface area contributed by atoms with Crippen molar-refractivity contribution >= 4 is 41.2 Å². The molecule has 13 nitrogen and oxygen atoms in total. The molecule has 3 heterocycles. The van der Waals surface area contributed by atoms with Gasteiger partial charge in [0.1, 0.15) is 11.6 Å². The maximum atomic E-state index is 13.4. The van der Waals surface area contributed by atoms with Crippen LogP contribution >= 0.6 is 18.1 Å². The van der Waals surface area contributed by atoms with E-state index in [0.717, 1.165) is 11.4 Å². The predicted octanol–water partition coefficient (Wildman–Crippen LogP) is 2.72. The van der Waals surface area contributed by atoms with Gasteiger partial charge in [0.25, 0.3) is 0 Å². The van der Waals surface area contributed by atoms with Gasteiger partial charge >= 0.3 is 12.7 Å². The first-order valence-electron chi connectivity index (χ1n) is 11.8. The molecule has 0 radical (unpaired) electrons. The zero-order valence-corrected chi connectivity index (χ0v) is 23.1. The van der Waals surface area contributed by atoms with E-state index in [1.807, 2.05) is 13.8 Å². The molecular formula is C21H35N6O7PS. The zero-order valence-electron chi connectivity index (χ0n) is 21.4. The SMILES string of the molecule is CCOC(=O)C(C)NP(=O)(OCC1CC(C)(O)C(n2cnc3c(OCC)nc(NC)nc32)O1)SCC. The lowest BCUT2D eigenvalue weighted by atomic mass is 10.0. The van der Waals surface area contributed by atoms with E-state index >= 15 is 0 Å². The van der Waals surface area contributed by atoms with Gasteiger partial charge in [-0.1, -0.05) is 18.3 Å². The van der Waals surface area contributed by atoms with Gasteiger partial charge in [0.15, 0.2) is 17.4 Å². The molecule has 3 N–H and O–H groups in total. The minimum atomic E-state index is -3.45. The highest BCUT2D eigenvalue weighted by Crippen LogP contribution is 2.56. The second-order valence-corrected chi connectivity index (χ2v) is 12.9. The zero-order chi connectivity index (χ0) is 26.5. The highest BCUT2D eigenvalue weighted by atomic mass is 32.7. The van der Waals surface area contributed by atoms with Crippen molar-refractivity contribution < 1.29 is 33.2 Å². The number of aromatic nitrogens is 4. The molecule has 0 bridgehead atoms. The quantitative estimate of drug-likeness (QED) is 0.249. The molecule has 0 aromatic carbocycles. The second-order valence-electron chi connectivity index (χ2n) is 8.35. The summed E-state index contributed by atoms with van der Waals surface area (Å²) in [5.74, 6) is 0.647. The van der Waals surface area contributed by atoms with Gasteiger partial charge in [0.2, 0.25) is 11.8 Å². The monoisotopic (exact) mass is 546 g/mol. The molecule has 5 atom stereocenters.